The number of hydrogen-bond acceptors (Lipinski definition) is 2. The molecule has 0 aromatic carbocycles. The second-order valence-electron chi connectivity index (χ2n) is 6.39. The third-order valence-corrected chi connectivity index (χ3v) is 4.64. The summed E-state index contributed by atoms with van der Waals surface area (Å²) in [6.07, 6.45) is 2.38. The van der Waals surface area contributed by atoms with Gasteiger partial charge in [-0.3, -0.25) is 4.90 Å². The highest BCUT2D eigenvalue weighted by Crippen LogP contribution is 2.54. The van der Waals surface area contributed by atoms with Gasteiger partial charge in [0.15, 0.2) is 0 Å². The number of carboxylic acid groups (broad SMARTS) is 1. The van der Waals surface area contributed by atoms with E-state index < -0.39 is 6.09 Å². The van der Waals surface area contributed by atoms with E-state index in [4.69, 9.17) is 5.26 Å². The summed E-state index contributed by atoms with van der Waals surface area (Å²) in [7, 11) is 0. The van der Waals surface area contributed by atoms with Gasteiger partial charge in [0.1, 0.15) is 0 Å². The number of nitrogens with zero attached hydrogens (tertiary/aromatic N) is 2. The van der Waals surface area contributed by atoms with Crippen LogP contribution in [0, 0.1) is 22.7 Å². The van der Waals surface area contributed by atoms with Crippen LogP contribution in [0.3, 0.4) is 0 Å². The lowest BCUT2D eigenvalue weighted by Crippen LogP contribution is -2.61. The molecule has 2 fully saturated rings. The zero-order valence-corrected chi connectivity index (χ0v) is 10.7. The Morgan fingerprint density at radius 1 is 1.53 bits per heavy atom. The van der Waals surface area contributed by atoms with E-state index in [1.807, 2.05) is 0 Å². The van der Waals surface area contributed by atoms with Gasteiger partial charge in [0.05, 0.1) is 17.5 Å². The van der Waals surface area contributed by atoms with Crippen molar-refractivity contribution in [1.82, 2.24) is 4.90 Å². The molecule has 1 N–H and O–H groups in total. The van der Waals surface area contributed by atoms with Gasteiger partial charge in [0, 0.05) is 6.04 Å². The number of piperidine rings is 1. The molecule has 0 aromatic heterocycles. The minimum absolute atomic E-state index is 0.0114. The van der Waals surface area contributed by atoms with Gasteiger partial charge in [-0.25, -0.2) is 4.79 Å². The number of rotatable bonds is 0. The fourth-order valence-corrected chi connectivity index (χ4v) is 3.73. The quantitative estimate of drug-likeness (QED) is 0.703. The summed E-state index contributed by atoms with van der Waals surface area (Å²) in [4.78, 5) is 13.2. The first kappa shape index (κ1) is 12.2. The summed E-state index contributed by atoms with van der Waals surface area (Å²) in [5, 5.41) is 18.6. The molecule has 4 nitrogen and oxygen atoms in total. The van der Waals surface area contributed by atoms with Crippen LogP contribution in [-0.2, 0) is 0 Å². The van der Waals surface area contributed by atoms with E-state index in [2.05, 4.69) is 26.8 Å². The Hall–Kier alpha value is -1.24. The largest absolute Gasteiger partial charge is 0.465 e. The van der Waals surface area contributed by atoms with Crippen LogP contribution in [0.5, 0.6) is 0 Å². The van der Waals surface area contributed by atoms with Gasteiger partial charge < -0.3 is 5.11 Å². The molecule has 2 saturated heterocycles. The van der Waals surface area contributed by atoms with Gasteiger partial charge >= 0.3 is 6.09 Å². The maximum atomic E-state index is 11.5. The van der Waals surface area contributed by atoms with E-state index in [1.165, 1.54) is 0 Å². The first-order valence-corrected chi connectivity index (χ1v) is 6.24. The average molecular weight is 236 g/mol. The van der Waals surface area contributed by atoms with Crippen molar-refractivity contribution in [2.75, 3.05) is 0 Å². The molecular weight excluding hydrogens is 216 g/mol. The van der Waals surface area contributed by atoms with Crippen LogP contribution < -0.4 is 0 Å². The summed E-state index contributed by atoms with van der Waals surface area (Å²) in [5.41, 5.74) is -0.461. The van der Waals surface area contributed by atoms with Crippen molar-refractivity contribution in [3.8, 4) is 6.07 Å². The van der Waals surface area contributed by atoms with Crippen molar-refractivity contribution in [2.24, 2.45) is 11.3 Å². The van der Waals surface area contributed by atoms with E-state index in [0.717, 1.165) is 12.8 Å². The molecule has 2 aliphatic rings. The van der Waals surface area contributed by atoms with Crippen molar-refractivity contribution in [3.63, 3.8) is 0 Å². The average Bonchev–Trinajstić information content (AvgIpc) is 2.47. The van der Waals surface area contributed by atoms with Crippen LogP contribution in [0.4, 0.5) is 4.79 Å². The van der Waals surface area contributed by atoms with Crippen molar-refractivity contribution >= 4 is 6.09 Å². The summed E-state index contributed by atoms with van der Waals surface area (Å²) in [6.45, 7) is 6.27. The first-order valence-electron chi connectivity index (χ1n) is 6.24. The molecule has 0 radical (unpaired) electrons. The number of hydrogen-bond donors (Lipinski definition) is 1. The smallest absolute Gasteiger partial charge is 0.408 e. The van der Waals surface area contributed by atoms with Crippen LogP contribution >= 0.6 is 0 Å². The summed E-state index contributed by atoms with van der Waals surface area (Å²) in [6, 6.07) is 2.39. The van der Waals surface area contributed by atoms with E-state index in [0.29, 0.717) is 12.8 Å². The number of carbonyl (C=O) groups is 1. The molecule has 4 heteroatoms. The van der Waals surface area contributed by atoms with E-state index >= 15 is 0 Å². The zero-order valence-electron chi connectivity index (χ0n) is 10.7. The lowest BCUT2D eigenvalue weighted by Gasteiger charge is -2.52. The van der Waals surface area contributed by atoms with Crippen LogP contribution in [-0.4, -0.2) is 27.7 Å². The van der Waals surface area contributed by atoms with Crippen molar-refractivity contribution in [2.45, 2.75) is 58.0 Å². The van der Waals surface area contributed by atoms with Crippen LogP contribution in [0.1, 0.15) is 46.5 Å². The molecule has 0 aliphatic carbocycles. The van der Waals surface area contributed by atoms with E-state index in [1.54, 1.807) is 4.90 Å². The Balaban J connectivity index is 2.44. The molecule has 94 valence electrons. The Morgan fingerprint density at radius 2 is 2.18 bits per heavy atom. The van der Waals surface area contributed by atoms with Crippen molar-refractivity contribution in [3.05, 3.63) is 0 Å². The van der Waals surface area contributed by atoms with Crippen LogP contribution in [0.25, 0.3) is 0 Å². The van der Waals surface area contributed by atoms with Gasteiger partial charge in [0.25, 0.3) is 0 Å². The Morgan fingerprint density at radius 3 is 2.65 bits per heavy atom. The number of amides is 1. The zero-order chi connectivity index (χ0) is 12.8. The highest BCUT2D eigenvalue weighted by atomic mass is 16.4. The normalized spacial score (nSPS) is 36.7. The molecule has 1 amide bonds. The second-order valence-corrected chi connectivity index (χ2v) is 6.39. The van der Waals surface area contributed by atoms with Gasteiger partial charge in [-0.15, -0.1) is 0 Å². The number of fused-ring (bicyclic) bond motifs is 2. The van der Waals surface area contributed by atoms with Gasteiger partial charge in [-0.2, -0.15) is 5.26 Å². The minimum atomic E-state index is -0.821. The summed E-state index contributed by atoms with van der Waals surface area (Å²) >= 11 is 0. The lowest BCUT2D eigenvalue weighted by molar-refractivity contribution is -0.0244. The third-order valence-electron chi connectivity index (χ3n) is 4.64. The summed E-state index contributed by atoms with van der Waals surface area (Å²) < 4.78 is 0. The third kappa shape index (κ3) is 1.60. The second kappa shape index (κ2) is 3.63. The first-order chi connectivity index (χ1) is 7.82. The fraction of sp³-hybridized carbons (Fsp3) is 0.846. The molecule has 3 unspecified atom stereocenters. The topological polar surface area (TPSA) is 64.3 Å². The molecule has 17 heavy (non-hydrogen) atoms. The molecule has 0 spiro atoms. The van der Waals surface area contributed by atoms with Crippen LogP contribution in [0.2, 0.25) is 0 Å². The van der Waals surface area contributed by atoms with Gasteiger partial charge in [0.2, 0.25) is 0 Å². The standard InChI is InChI=1S/C13H20N2O2/c1-12(2,3)13-5-4-10(15(13)11(16)17)6-9(7-13)8-14/h9-10H,4-7H2,1-3H3,(H,16,17). The molecule has 2 bridgehead atoms. The van der Waals surface area contributed by atoms with E-state index in [9.17, 15) is 9.90 Å². The molecular formula is C13H20N2O2. The highest BCUT2D eigenvalue weighted by molar-refractivity contribution is 5.68. The van der Waals surface area contributed by atoms with E-state index in [-0.39, 0.29) is 22.9 Å². The predicted octanol–water partition coefficient (Wildman–Crippen LogP) is 2.85. The van der Waals surface area contributed by atoms with Gasteiger partial charge in [-0.05, 0) is 31.1 Å². The molecule has 0 saturated carbocycles. The van der Waals surface area contributed by atoms with Crippen LogP contribution in [0.15, 0.2) is 0 Å². The fourth-order valence-electron chi connectivity index (χ4n) is 3.73. The Labute approximate surface area is 102 Å². The SMILES string of the molecule is CC(C)(C)C12CCC(CC(C#N)C1)N2C(=O)O. The predicted molar refractivity (Wildman–Crippen MR) is 63.4 cm³/mol. The maximum Gasteiger partial charge on any atom is 0.408 e. The van der Waals surface area contributed by atoms with Crippen molar-refractivity contribution in [1.29, 1.82) is 5.26 Å². The molecule has 2 heterocycles. The highest BCUT2D eigenvalue weighted by Gasteiger charge is 2.59. The van der Waals surface area contributed by atoms with Gasteiger partial charge in [-0.1, -0.05) is 20.8 Å². The summed E-state index contributed by atoms with van der Waals surface area (Å²) in [5.74, 6) is 0.0114. The van der Waals surface area contributed by atoms with Crippen molar-refractivity contribution < 1.29 is 9.90 Å². The lowest BCUT2D eigenvalue weighted by atomic mass is 9.66. The Kier molecular flexibility index (Phi) is 2.61. The molecule has 2 aliphatic heterocycles. The minimum Gasteiger partial charge on any atom is -0.465 e. The molecule has 3 atom stereocenters. The Bertz CT molecular complexity index is 380. The molecule has 2 rings (SSSR count). The maximum absolute atomic E-state index is 11.5. The monoisotopic (exact) mass is 236 g/mol. The molecule has 0 aromatic rings. The number of nitriles is 1.